The van der Waals surface area contributed by atoms with Crippen LogP contribution in [-0.2, 0) is 23.9 Å². The highest BCUT2D eigenvalue weighted by atomic mass is 79.9. The van der Waals surface area contributed by atoms with Gasteiger partial charge in [-0.25, -0.2) is 0 Å². The number of aromatic nitrogens is 3. The first-order valence-corrected chi connectivity index (χ1v) is 18.6. The molecule has 0 saturated carbocycles. The summed E-state index contributed by atoms with van der Waals surface area (Å²) in [4.78, 5) is 43.5. The number of H-pyrrole nitrogens is 3. The number of aliphatic carboxylic acids is 1. The summed E-state index contributed by atoms with van der Waals surface area (Å²) in [5.41, 5.74) is 9.13. The van der Waals surface area contributed by atoms with E-state index >= 15 is 0 Å². The summed E-state index contributed by atoms with van der Waals surface area (Å²) in [6.45, 7) is 14.7. The quantitative estimate of drug-likeness (QED) is 0.0968. The van der Waals surface area contributed by atoms with Crippen LogP contribution in [0.15, 0.2) is 77.7 Å². The van der Waals surface area contributed by atoms with Gasteiger partial charge in [-0.2, -0.15) is 0 Å². The number of rotatable bonds is 11. The predicted octanol–water partition coefficient (Wildman–Crippen LogP) is 10.6. The average molecular weight is 773 g/mol. The maximum absolute atomic E-state index is 11.5. The van der Waals surface area contributed by atoms with Gasteiger partial charge in [-0.3, -0.25) is 14.4 Å². The van der Waals surface area contributed by atoms with Crippen LogP contribution in [0, 0.1) is 13.8 Å². The molecule has 3 aromatic carbocycles. The van der Waals surface area contributed by atoms with Gasteiger partial charge in [0.2, 0.25) is 0 Å². The van der Waals surface area contributed by atoms with E-state index in [0.717, 1.165) is 42.9 Å². The zero-order chi connectivity index (χ0) is 37.9. The molecule has 3 aromatic heterocycles. The van der Waals surface area contributed by atoms with Crippen molar-refractivity contribution in [2.24, 2.45) is 0 Å². The first kappa shape index (κ1) is 39.9. The average Bonchev–Trinajstić information content (AvgIpc) is 3.84. The molecule has 9 nitrogen and oxygen atoms in total. The Morgan fingerprint density at radius 2 is 0.981 bits per heavy atom. The fraction of sp³-hybridized carbons (Fsp3) is 0.357. The standard InChI is InChI=1S/C15H19NO2.C14H16BrNO2.C13H15NO2/c1-4-18-14(17)8-11(3)12-9-16-13-7-5-6-10(2)15(12)13;1-3-18-13(17)7-9(2)10-8-16-12-6-4-5-11(15)14(10)12;1-8-4-3-5-11-13(8)10(7-14-11)9(2)6-12(15)16/h5-7,9,11,16H,4,8H2,1-3H3;4-6,8-9,16H,3,7H2,1-2H3;3-5,7,9,14H,6H2,1-2H3,(H,15,16). The number of carbonyl (C=O) groups excluding carboxylic acids is 2. The summed E-state index contributed by atoms with van der Waals surface area (Å²) in [6, 6.07) is 18.3. The van der Waals surface area contributed by atoms with Crippen molar-refractivity contribution in [1.82, 2.24) is 15.0 Å². The van der Waals surface area contributed by atoms with E-state index in [4.69, 9.17) is 14.6 Å². The highest BCUT2D eigenvalue weighted by molar-refractivity contribution is 9.10. The van der Waals surface area contributed by atoms with Crippen LogP contribution < -0.4 is 0 Å². The van der Waals surface area contributed by atoms with Gasteiger partial charge >= 0.3 is 17.9 Å². The van der Waals surface area contributed by atoms with E-state index in [0.29, 0.717) is 26.1 Å². The van der Waals surface area contributed by atoms with Gasteiger partial charge in [0.1, 0.15) is 0 Å². The molecule has 52 heavy (non-hydrogen) atoms. The number of hydrogen-bond donors (Lipinski definition) is 4. The van der Waals surface area contributed by atoms with Crippen molar-refractivity contribution < 1.29 is 29.0 Å². The van der Waals surface area contributed by atoms with Crippen LogP contribution in [0.25, 0.3) is 32.7 Å². The first-order chi connectivity index (χ1) is 24.9. The number of carboxylic acid groups (broad SMARTS) is 1. The smallest absolute Gasteiger partial charge is 0.306 e. The number of fused-ring (bicyclic) bond motifs is 3. The van der Waals surface area contributed by atoms with Crippen molar-refractivity contribution in [3.63, 3.8) is 0 Å². The Kier molecular flexibility index (Phi) is 14.3. The van der Waals surface area contributed by atoms with E-state index in [-0.39, 0.29) is 36.1 Å². The number of hydrogen-bond acceptors (Lipinski definition) is 5. The molecule has 0 bridgehead atoms. The van der Waals surface area contributed by atoms with E-state index in [1.54, 1.807) is 0 Å². The molecule has 6 aromatic rings. The summed E-state index contributed by atoms with van der Waals surface area (Å²) in [6.07, 6.45) is 6.89. The number of carbonyl (C=O) groups is 3. The molecule has 3 atom stereocenters. The molecular weight excluding hydrogens is 722 g/mol. The van der Waals surface area contributed by atoms with Crippen LogP contribution in [0.3, 0.4) is 0 Å². The van der Waals surface area contributed by atoms with E-state index in [1.165, 1.54) is 22.1 Å². The Bertz CT molecular complexity index is 2020. The fourth-order valence-corrected chi connectivity index (χ4v) is 7.26. The largest absolute Gasteiger partial charge is 0.481 e. The van der Waals surface area contributed by atoms with E-state index in [9.17, 15) is 14.4 Å². The van der Waals surface area contributed by atoms with Crippen LogP contribution in [0.4, 0.5) is 0 Å². The Hall–Kier alpha value is -4.83. The monoisotopic (exact) mass is 771 g/mol. The zero-order valence-electron chi connectivity index (χ0n) is 31.1. The van der Waals surface area contributed by atoms with Crippen molar-refractivity contribution in [1.29, 1.82) is 0 Å². The minimum Gasteiger partial charge on any atom is -0.481 e. The van der Waals surface area contributed by atoms with E-state index < -0.39 is 5.97 Å². The summed E-state index contributed by atoms with van der Waals surface area (Å²) < 4.78 is 11.0. The molecular formula is C42H50BrN3O6. The maximum Gasteiger partial charge on any atom is 0.306 e. The van der Waals surface area contributed by atoms with Crippen LogP contribution >= 0.6 is 15.9 Å². The van der Waals surface area contributed by atoms with E-state index in [1.807, 2.05) is 95.7 Å². The molecule has 0 radical (unpaired) electrons. The molecule has 3 heterocycles. The fourth-order valence-electron chi connectivity index (χ4n) is 6.66. The third kappa shape index (κ3) is 9.94. The molecule has 0 aliphatic heterocycles. The van der Waals surface area contributed by atoms with Crippen LogP contribution in [0.1, 0.15) is 99.5 Å². The molecule has 10 heteroatoms. The normalized spacial score (nSPS) is 12.7. The Labute approximate surface area is 313 Å². The molecule has 3 unspecified atom stereocenters. The Morgan fingerprint density at radius 3 is 1.38 bits per heavy atom. The SMILES string of the molecule is CCOC(=O)CC(C)c1c[nH]c2cccc(Br)c12.CCOC(=O)CC(C)c1c[nH]c2cccc(C)c12.Cc1cccc2[nH]cc(C(C)CC(=O)O)c12. The molecule has 276 valence electrons. The lowest BCUT2D eigenvalue weighted by Gasteiger charge is -2.10. The van der Waals surface area contributed by atoms with Crippen molar-refractivity contribution in [3.05, 3.63) is 105 Å². The molecule has 0 saturated heterocycles. The third-order valence-corrected chi connectivity index (χ3v) is 9.87. The van der Waals surface area contributed by atoms with Gasteiger partial charge < -0.3 is 29.5 Å². The highest BCUT2D eigenvalue weighted by Gasteiger charge is 2.19. The molecule has 0 fully saturated rings. The molecule has 0 aliphatic carbocycles. The van der Waals surface area contributed by atoms with Crippen LogP contribution in [-0.4, -0.2) is 51.2 Å². The second kappa shape index (κ2) is 18.6. The topological polar surface area (TPSA) is 137 Å². The maximum atomic E-state index is 11.5. The van der Waals surface area contributed by atoms with Gasteiger partial charge in [0.25, 0.3) is 0 Å². The lowest BCUT2D eigenvalue weighted by molar-refractivity contribution is -0.144. The number of ether oxygens (including phenoxy) is 2. The highest BCUT2D eigenvalue weighted by Crippen LogP contribution is 2.34. The summed E-state index contributed by atoms with van der Waals surface area (Å²) in [5, 5.41) is 12.4. The number of aromatic amines is 3. The Morgan fingerprint density at radius 1 is 0.615 bits per heavy atom. The number of carboxylic acids is 1. The zero-order valence-corrected chi connectivity index (χ0v) is 32.6. The molecule has 0 amide bonds. The lowest BCUT2D eigenvalue weighted by atomic mass is 9.95. The number of halogens is 1. The van der Waals surface area contributed by atoms with Crippen molar-refractivity contribution in [2.45, 2.75) is 85.5 Å². The number of esters is 2. The van der Waals surface area contributed by atoms with Gasteiger partial charge in [0.05, 0.1) is 32.5 Å². The van der Waals surface area contributed by atoms with Crippen LogP contribution in [0.2, 0.25) is 0 Å². The number of benzene rings is 3. The number of aryl methyl sites for hydroxylation is 2. The van der Waals surface area contributed by atoms with Crippen molar-refractivity contribution in [3.8, 4) is 0 Å². The van der Waals surface area contributed by atoms with Gasteiger partial charge in [0, 0.05) is 55.8 Å². The minimum absolute atomic E-state index is 0.0346. The first-order valence-electron chi connectivity index (χ1n) is 17.8. The molecule has 0 spiro atoms. The third-order valence-electron chi connectivity index (χ3n) is 9.20. The van der Waals surface area contributed by atoms with Gasteiger partial charge in [-0.1, -0.05) is 67.0 Å². The number of nitrogens with one attached hydrogen (secondary N) is 3. The van der Waals surface area contributed by atoms with E-state index in [2.05, 4.69) is 56.9 Å². The molecule has 0 aliphatic rings. The van der Waals surface area contributed by atoms with Gasteiger partial charge in [-0.15, -0.1) is 0 Å². The molecule has 4 N–H and O–H groups in total. The second-order valence-corrected chi connectivity index (χ2v) is 14.1. The van der Waals surface area contributed by atoms with Gasteiger partial charge in [0.15, 0.2) is 0 Å². The van der Waals surface area contributed by atoms with Crippen molar-refractivity contribution in [2.75, 3.05) is 13.2 Å². The minimum atomic E-state index is -0.754. The second-order valence-electron chi connectivity index (χ2n) is 13.2. The summed E-state index contributed by atoms with van der Waals surface area (Å²) in [7, 11) is 0. The Balaban J connectivity index is 0.000000175. The summed E-state index contributed by atoms with van der Waals surface area (Å²) in [5.74, 6) is -0.697. The lowest BCUT2D eigenvalue weighted by Crippen LogP contribution is -2.08. The van der Waals surface area contributed by atoms with Gasteiger partial charge in [-0.05, 0) is 97.5 Å². The van der Waals surface area contributed by atoms with Crippen molar-refractivity contribution >= 4 is 66.5 Å². The summed E-state index contributed by atoms with van der Waals surface area (Å²) >= 11 is 3.56. The van der Waals surface area contributed by atoms with Crippen LogP contribution in [0.5, 0.6) is 0 Å². The predicted molar refractivity (Wildman–Crippen MR) is 212 cm³/mol. The molecule has 6 rings (SSSR count).